The molecule has 2 aromatic rings. The van der Waals surface area contributed by atoms with Crippen LogP contribution in [0.25, 0.3) is 0 Å². The number of likely N-dealkylation sites (N-methyl/N-ethyl adjacent to an activating group) is 1. The fourth-order valence-corrected chi connectivity index (χ4v) is 5.13. The van der Waals surface area contributed by atoms with Crippen molar-refractivity contribution in [1.29, 1.82) is 0 Å². The number of alkyl halides is 3. The first-order chi connectivity index (χ1) is 18.0. The van der Waals surface area contributed by atoms with Gasteiger partial charge in [0.1, 0.15) is 6.10 Å². The zero-order valence-electron chi connectivity index (χ0n) is 20.9. The van der Waals surface area contributed by atoms with Gasteiger partial charge in [0.15, 0.2) is 0 Å². The second-order valence-corrected chi connectivity index (χ2v) is 9.98. The number of ether oxygens (including phenoxy) is 1. The van der Waals surface area contributed by atoms with E-state index < -0.39 is 35.4 Å². The number of nitrogens with zero attached hydrogens (tertiary/aromatic N) is 3. The van der Waals surface area contributed by atoms with Crippen LogP contribution in [0.4, 0.5) is 24.5 Å². The van der Waals surface area contributed by atoms with Crippen molar-refractivity contribution in [1.82, 2.24) is 4.90 Å². The van der Waals surface area contributed by atoms with Gasteiger partial charge in [-0.2, -0.15) is 13.2 Å². The van der Waals surface area contributed by atoms with Gasteiger partial charge in [-0.15, -0.1) is 0 Å². The van der Waals surface area contributed by atoms with Crippen molar-refractivity contribution in [2.75, 3.05) is 43.0 Å². The molecule has 2 aliphatic rings. The minimum absolute atomic E-state index is 0.156. The van der Waals surface area contributed by atoms with E-state index >= 15 is 0 Å². The van der Waals surface area contributed by atoms with Crippen LogP contribution >= 0.6 is 11.6 Å². The van der Waals surface area contributed by atoms with E-state index in [-0.39, 0.29) is 36.9 Å². The number of halogens is 4. The monoisotopic (exact) mass is 551 g/mol. The van der Waals surface area contributed by atoms with Crippen LogP contribution in [0.15, 0.2) is 48.5 Å². The molecule has 0 spiro atoms. The maximum absolute atomic E-state index is 13.8. The van der Waals surface area contributed by atoms with Crippen molar-refractivity contribution in [3.05, 3.63) is 59.7 Å². The fraction of sp³-hybridized carbons (Fsp3) is 0.444. The summed E-state index contributed by atoms with van der Waals surface area (Å²) in [6.07, 6.45) is -4.80. The summed E-state index contributed by atoms with van der Waals surface area (Å²) in [5, 5.41) is -0.949. The molecule has 0 radical (unpaired) electrons. The Morgan fingerprint density at radius 3 is 2.16 bits per heavy atom. The van der Waals surface area contributed by atoms with Crippen LogP contribution in [-0.4, -0.2) is 73.6 Å². The molecule has 11 heteroatoms. The average Bonchev–Trinajstić information content (AvgIpc) is 2.90. The van der Waals surface area contributed by atoms with Crippen molar-refractivity contribution >= 4 is 40.1 Å². The molecule has 2 fully saturated rings. The van der Waals surface area contributed by atoms with E-state index in [2.05, 4.69) is 4.90 Å². The summed E-state index contributed by atoms with van der Waals surface area (Å²) >= 11 is 5.77. The number of hydrogen-bond donors (Lipinski definition) is 0. The number of rotatable bonds is 6. The largest absolute Gasteiger partial charge is 0.471 e. The minimum Gasteiger partial charge on any atom is -0.459 e. The molecule has 0 aromatic heterocycles. The van der Waals surface area contributed by atoms with Gasteiger partial charge in [-0.05, 0) is 74.7 Å². The Bertz CT molecular complexity index is 1160. The normalized spacial score (nSPS) is 20.6. The van der Waals surface area contributed by atoms with Crippen LogP contribution in [0.2, 0.25) is 0 Å². The number of benzene rings is 2. The molecule has 4 rings (SSSR count). The van der Waals surface area contributed by atoms with Crippen LogP contribution < -0.4 is 9.80 Å². The molecule has 1 amide bonds. The Kier molecular flexibility index (Phi) is 8.62. The fourth-order valence-electron chi connectivity index (χ4n) is 4.97. The van der Waals surface area contributed by atoms with Gasteiger partial charge in [-0.3, -0.25) is 9.59 Å². The smallest absolute Gasteiger partial charge is 0.459 e. The highest BCUT2D eigenvalue weighted by Crippen LogP contribution is 2.37. The summed E-state index contributed by atoms with van der Waals surface area (Å²) in [6, 6.07) is 12.0. The molecule has 2 aromatic carbocycles. The lowest BCUT2D eigenvalue weighted by atomic mass is 9.90. The molecule has 0 bridgehead atoms. The van der Waals surface area contributed by atoms with Crippen molar-refractivity contribution in [2.24, 2.45) is 0 Å². The molecule has 0 unspecified atom stereocenters. The topological polar surface area (TPSA) is 70.2 Å². The van der Waals surface area contributed by atoms with Crippen molar-refractivity contribution < 1.29 is 32.3 Å². The lowest BCUT2D eigenvalue weighted by Gasteiger charge is -2.39. The Morgan fingerprint density at radius 1 is 0.947 bits per heavy atom. The summed E-state index contributed by atoms with van der Waals surface area (Å²) < 4.78 is 47.0. The second kappa shape index (κ2) is 11.7. The predicted octanol–water partition coefficient (Wildman–Crippen LogP) is 4.88. The van der Waals surface area contributed by atoms with Crippen LogP contribution in [0.1, 0.15) is 46.4 Å². The third kappa shape index (κ3) is 6.47. The first kappa shape index (κ1) is 27.9. The van der Waals surface area contributed by atoms with Crippen LogP contribution in [0.5, 0.6) is 0 Å². The standard InChI is InChI=1S/C27H29ClF3N3O4/c1-32-13-15-33(16-14-32)20-9-12-22(24(28)35)23(17-20)34(26(37)27(29,30)31)19-7-10-21(11-8-19)38-25(36)18-5-3-2-4-6-18/h2-6,9,12,17,19,21H,7-8,10-11,13-16H2,1H3. The molecule has 204 valence electrons. The maximum Gasteiger partial charge on any atom is 0.471 e. The van der Waals surface area contributed by atoms with Gasteiger partial charge in [0.25, 0.3) is 5.24 Å². The number of anilines is 2. The van der Waals surface area contributed by atoms with E-state index in [9.17, 15) is 27.6 Å². The van der Waals surface area contributed by atoms with Gasteiger partial charge in [0, 0.05) is 37.9 Å². The summed E-state index contributed by atoms with van der Waals surface area (Å²) in [5.74, 6) is -2.57. The highest BCUT2D eigenvalue weighted by Gasteiger charge is 2.47. The van der Waals surface area contributed by atoms with E-state index in [1.54, 1.807) is 36.4 Å². The van der Waals surface area contributed by atoms with E-state index in [0.29, 0.717) is 29.2 Å². The van der Waals surface area contributed by atoms with Gasteiger partial charge in [-0.1, -0.05) is 18.2 Å². The third-order valence-electron chi connectivity index (χ3n) is 7.07. The molecule has 1 saturated heterocycles. The molecular weight excluding hydrogens is 523 g/mol. The molecule has 0 atom stereocenters. The summed E-state index contributed by atoms with van der Waals surface area (Å²) in [4.78, 5) is 42.2. The summed E-state index contributed by atoms with van der Waals surface area (Å²) in [5.41, 5.74) is 0.669. The van der Waals surface area contributed by atoms with Crippen molar-refractivity contribution in [2.45, 2.75) is 44.0 Å². The lowest BCUT2D eigenvalue weighted by Crippen LogP contribution is -2.50. The Labute approximate surface area is 224 Å². The Balaban J connectivity index is 1.59. The number of amides is 1. The number of hydrogen-bond acceptors (Lipinski definition) is 6. The van der Waals surface area contributed by atoms with E-state index in [1.165, 1.54) is 12.1 Å². The predicted molar refractivity (Wildman–Crippen MR) is 138 cm³/mol. The SMILES string of the molecule is CN1CCN(c2ccc(C(=O)Cl)c(N(C(=O)C(F)(F)F)C3CCC(OC(=O)c4ccccc4)CC3)c2)CC1. The summed E-state index contributed by atoms with van der Waals surface area (Å²) in [7, 11) is 1.98. The molecule has 38 heavy (non-hydrogen) atoms. The molecule has 1 saturated carbocycles. The first-order valence-corrected chi connectivity index (χ1v) is 12.9. The molecule has 1 aliphatic carbocycles. The maximum atomic E-state index is 13.8. The second-order valence-electron chi connectivity index (χ2n) is 9.64. The highest BCUT2D eigenvalue weighted by atomic mass is 35.5. The number of esters is 1. The van der Waals surface area contributed by atoms with Crippen LogP contribution in [-0.2, 0) is 9.53 Å². The Morgan fingerprint density at radius 2 is 1.58 bits per heavy atom. The van der Waals surface area contributed by atoms with Gasteiger partial charge < -0.3 is 19.4 Å². The van der Waals surface area contributed by atoms with Crippen molar-refractivity contribution in [3.63, 3.8) is 0 Å². The van der Waals surface area contributed by atoms with Gasteiger partial charge in [-0.25, -0.2) is 4.79 Å². The molecule has 1 heterocycles. The molecule has 7 nitrogen and oxygen atoms in total. The highest BCUT2D eigenvalue weighted by molar-refractivity contribution is 6.68. The van der Waals surface area contributed by atoms with E-state index in [0.717, 1.165) is 13.1 Å². The Hall–Kier alpha value is -3.11. The summed E-state index contributed by atoms with van der Waals surface area (Å²) in [6.45, 7) is 2.83. The number of carbonyl (C=O) groups excluding carboxylic acids is 3. The zero-order valence-corrected chi connectivity index (χ0v) is 21.7. The lowest BCUT2D eigenvalue weighted by molar-refractivity contribution is -0.171. The quantitative estimate of drug-likeness (QED) is 0.376. The molecule has 0 N–H and O–H groups in total. The van der Waals surface area contributed by atoms with Gasteiger partial charge in [0.05, 0.1) is 16.8 Å². The van der Waals surface area contributed by atoms with Crippen molar-refractivity contribution in [3.8, 4) is 0 Å². The number of carbonyl (C=O) groups is 3. The zero-order chi connectivity index (χ0) is 27.4. The van der Waals surface area contributed by atoms with Gasteiger partial charge in [0.2, 0.25) is 0 Å². The van der Waals surface area contributed by atoms with E-state index in [1.807, 2.05) is 11.9 Å². The minimum atomic E-state index is -5.16. The average molecular weight is 552 g/mol. The van der Waals surface area contributed by atoms with Crippen LogP contribution in [0.3, 0.4) is 0 Å². The van der Waals surface area contributed by atoms with Gasteiger partial charge >= 0.3 is 18.1 Å². The first-order valence-electron chi connectivity index (χ1n) is 12.5. The molecule has 1 aliphatic heterocycles. The number of piperazine rings is 1. The molecular formula is C27H29ClF3N3O4. The van der Waals surface area contributed by atoms with E-state index in [4.69, 9.17) is 16.3 Å². The van der Waals surface area contributed by atoms with Crippen LogP contribution in [0, 0.1) is 0 Å². The third-order valence-corrected chi connectivity index (χ3v) is 7.28.